The SMILES string of the molecule is CC1(C)c2ccccc2-c2ccc(-c3cccc(-c4c5ccc(N6c7ccccc7[Si](C)(C)c7ccccc76)cc5c(-c5ccccc5)c5ccc(N6c7ccccc7[Si](C)(C)c7ccccc76)cc45)c3)cc21. The second-order valence-electron chi connectivity index (χ2n) is 22.1. The van der Waals surface area contributed by atoms with E-state index < -0.39 is 16.1 Å². The molecule has 350 valence electrons. The molecule has 0 amide bonds. The quantitative estimate of drug-likeness (QED) is 0.125. The van der Waals surface area contributed by atoms with Gasteiger partial charge >= 0.3 is 0 Å². The first-order valence-electron chi connectivity index (χ1n) is 25.9. The zero-order valence-electron chi connectivity index (χ0n) is 42.3. The second-order valence-corrected chi connectivity index (χ2v) is 30.7. The van der Waals surface area contributed by atoms with Crippen molar-refractivity contribution < 1.29 is 0 Å². The molecule has 0 N–H and O–H groups in total. The molecule has 0 saturated carbocycles. The molecule has 1 aliphatic carbocycles. The summed E-state index contributed by atoms with van der Waals surface area (Å²) in [6.45, 7) is 14.8. The Morgan fingerprint density at radius 1 is 0.301 bits per heavy atom. The van der Waals surface area contributed by atoms with Crippen molar-refractivity contribution >= 4 is 92.6 Å². The standard InChI is InChI=1S/C69H56N2Si2/c1-69(2)57-26-11-10-25-51(57)52-38-35-47(42-58(52)69)46-23-20-24-48(41-46)68-54-40-37-49(70-59-27-12-16-31-63(59)72(3,4)64-32-17-13-28-60(64)70)43-55(54)67(45-21-8-7-9-22-45)53-39-36-50(44-56(53)68)71-61-29-14-18-33-65(61)73(5,6)66-34-19-15-30-62(66)71/h7-44H,1-6H3. The Labute approximate surface area is 431 Å². The van der Waals surface area contributed by atoms with Crippen molar-refractivity contribution in [1.82, 2.24) is 0 Å². The van der Waals surface area contributed by atoms with E-state index in [9.17, 15) is 0 Å². The largest absolute Gasteiger partial charge is 0.311 e. The first-order valence-corrected chi connectivity index (χ1v) is 31.9. The van der Waals surface area contributed by atoms with Gasteiger partial charge in [-0.15, -0.1) is 0 Å². The monoisotopic (exact) mass is 968 g/mol. The molecule has 11 aromatic carbocycles. The van der Waals surface area contributed by atoms with Crippen LogP contribution in [-0.2, 0) is 5.41 Å². The highest BCUT2D eigenvalue weighted by molar-refractivity contribution is 7.03. The van der Waals surface area contributed by atoms with E-state index >= 15 is 0 Å². The highest BCUT2D eigenvalue weighted by Crippen LogP contribution is 2.52. The normalized spacial score (nSPS) is 15.3. The molecule has 2 aliphatic heterocycles. The van der Waals surface area contributed by atoms with E-state index in [-0.39, 0.29) is 5.41 Å². The van der Waals surface area contributed by atoms with Gasteiger partial charge < -0.3 is 9.80 Å². The number of para-hydroxylation sites is 4. The maximum atomic E-state index is 2.54. The third kappa shape index (κ3) is 6.40. The molecule has 2 nitrogen and oxygen atoms in total. The smallest absolute Gasteiger partial charge is 0.117 e. The van der Waals surface area contributed by atoms with Gasteiger partial charge in [0.15, 0.2) is 0 Å². The van der Waals surface area contributed by atoms with Crippen LogP contribution in [-0.4, -0.2) is 16.1 Å². The fraction of sp³-hybridized carbons (Fsp3) is 0.101. The van der Waals surface area contributed by atoms with Gasteiger partial charge in [0.2, 0.25) is 0 Å². The molecular weight excluding hydrogens is 913 g/mol. The first kappa shape index (κ1) is 43.7. The Hall–Kier alpha value is -8.03. The lowest BCUT2D eigenvalue weighted by Crippen LogP contribution is -2.58. The van der Waals surface area contributed by atoms with E-state index in [1.54, 1.807) is 0 Å². The van der Waals surface area contributed by atoms with Gasteiger partial charge in [-0.05, 0) is 159 Å². The highest BCUT2D eigenvalue weighted by Gasteiger charge is 2.40. The van der Waals surface area contributed by atoms with Crippen LogP contribution in [0.4, 0.5) is 34.1 Å². The Balaban J connectivity index is 1.05. The minimum Gasteiger partial charge on any atom is -0.311 e. The summed E-state index contributed by atoms with van der Waals surface area (Å²) >= 11 is 0. The molecule has 0 saturated heterocycles. The van der Waals surface area contributed by atoms with Crippen LogP contribution in [0, 0.1) is 0 Å². The van der Waals surface area contributed by atoms with Gasteiger partial charge in [0.25, 0.3) is 0 Å². The highest BCUT2D eigenvalue weighted by atomic mass is 28.3. The van der Waals surface area contributed by atoms with Crippen LogP contribution < -0.4 is 30.5 Å². The molecule has 0 fully saturated rings. The molecule has 2 heterocycles. The van der Waals surface area contributed by atoms with E-state index in [0.29, 0.717) is 0 Å². The third-order valence-corrected chi connectivity index (χ3v) is 24.1. The summed E-state index contributed by atoms with van der Waals surface area (Å²) in [7, 11) is -3.99. The molecule has 11 aromatic rings. The average molecular weight is 969 g/mol. The van der Waals surface area contributed by atoms with Crippen molar-refractivity contribution in [2.75, 3.05) is 9.80 Å². The Kier molecular flexibility index (Phi) is 9.58. The van der Waals surface area contributed by atoms with Gasteiger partial charge in [0.1, 0.15) is 16.1 Å². The van der Waals surface area contributed by atoms with Crippen LogP contribution in [0.25, 0.3) is 66.1 Å². The predicted octanol–water partition coefficient (Wildman–Crippen LogP) is 16.5. The van der Waals surface area contributed by atoms with Gasteiger partial charge in [-0.3, -0.25) is 0 Å². The third-order valence-electron chi connectivity index (χ3n) is 17.0. The molecule has 73 heavy (non-hydrogen) atoms. The van der Waals surface area contributed by atoms with Gasteiger partial charge in [-0.25, -0.2) is 0 Å². The minimum atomic E-state index is -2.00. The molecule has 0 aromatic heterocycles. The van der Waals surface area contributed by atoms with Crippen molar-refractivity contribution in [1.29, 1.82) is 0 Å². The number of hydrogen-bond donors (Lipinski definition) is 0. The Morgan fingerprint density at radius 3 is 1.25 bits per heavy atom. The zero-order chi connectivity index (χ0) is 49.4. The maximum absolute atomic E-state index is 2.54. The lowest BCUT2D eigenvalue weighted by Gasteiger charge is -2.41. The molecule has 0 bridgehead atoms. The van der Waals surface area contributed by atoms with Crippen LogP contribution in [0.15, 0.2) is 231 Å². The van der Waals surface area contributed by atoms with Crippen molar-refractivity contribution in [3.05, 3.63) is 242 Å². The maximum Gasteiger partial charge on any atom is 0.117 e. The molecule has 14 rings (SSSR count). The molecular formula is C69H56N2Si2. The number of anilines is 6. The number of hydrogen-bond acceptors (Lipinski definition) is 2. The van der Waals surface area contributed by atoms with Gasteiger partial charge in [-0.2, -0.15) is 0 Å². The van der Waals surface area contributed by atoms with Gasteiger partial charge in [-0.1, -0.05) is 210 Å². The van der Waals surface area contributed by atoms with Crippen LogP contribution in [0.5, 0.6) is 0 Å². The summed E-state index contributed by atoms with van der Waals surface area (Å²) in [6.07, 6.45) is 0. The van der Waals surface area contributed by atoms with E-state index in [0.717, 1.165) is 5.69 Å². The van der Waals surface area contributed by atoms with Crippen molar-refractivity contribution in [3.8, 4) is 44.5 Å². The van der Waals surface area contributed by atoms with Crippen LogP contribution in [0.2, 0.25) is 26.2 Å². The van der Waals surface area contributed by atoms with E-state index in [2.05, 4.69) is 280 Å². The van der Waals surface area contributed by atoms with Crippen molar-refractivity contribution in [2.45, 2.75) is 45.5 Å². The van der Waals surface area contributed by atoms with Gasteiger partial charge in [0, 0.05) is 39.5 Å². The van der Waals surface area contributed by atoms with Crippen molar-refractivity contribution in [3.63, 3.8) is 0 Å². The molecule has 0 spiro atoms. The summed E-state index contributed by atoms with van der Waals surface area (Å²) in [4.78, 5) is 5.08. The zero-order valence-corrected chi connectivity index (χ0v) is 44.3. The second kappa shape index (κ2) is 16.0. The van der Waals surface area contributed by atoms with Crippen LogP contribution in [0.3, 0.4) is 0 Å². The molecule has 3 aliphatic rings. The summed E-state index contributed by atoms with van der Waals surface area (Å²) < 4.78 is 0. The molecule has 4 heteroatoms. The fourth-order valence-electron chi connectivity index (χ4n) is 13.3. The Bertz CT molecular complexity index is 3990. The predicted molar refractivity (Wildman–Crippen MR) is 318 cm³/mol. The summed E-state index contributed by atoms with van der Waals surface area (Å²) in [5.74, 6) is 0. The van der Waals surface area contributed by atoms with Crippen LogP contribution >= 0.6 is 0 Å². The summed E-state index contributed by atoms with van der Waals surface area (Å²) in [5.41, 5.74) is 20.2. The molecule has 0 radical (unpaired) electrons. The minimum absolute atomic E-state index is 0.0932. The number of benzene rings is 11. The molecule has 0 unspecified atom stereocenters. The Morgan fingerprint density at radius 2 is 0.712 bits per heavy atom. The fourth-order valence-corrected chi connectivity index (χ4v) is 19.3. The lowest BCUT2D eigenvalue weighted by molar-refractivity contribution is 0.660. The topological polar surface area (TPSA) is 6.48 Å². The molecule has 0 atom stereocenters. The van der Waals surface area contributed by atoms with E-state index in [1.165, 1.54) is 126 Å². The number of rotatable bonds is 5. The summed E-state index contributed by atoms with van der Waals surface area (Å²) in [6, 6.07) is 87.8. The number of nitrogens with zero attached hydrogens (tertiary/aromatic N) is 2. The van der Waals surface area contributed by atoms with Gasteiger partial charge in [0.05, 0.1) is 0 Å². The number of fused-ring (bicyclic) bond motifs is 9. The average Bonchev–Trinajstić information content (AvgIpc) is 3.65. The first-order chi connectivity index (χ1) is 35.5. The van der Waals surface area contributed by atoms with E-state index in [4.69, 9.17) is 0 Å². The van der Waals surface area contributed by atoms with Crippen molar-refractivity contribution in [2.24, 2.45) is 0 Å². The summed E-state index contributed by atoms with van der Waals surface area (Å²) in [5, 5.41) is 10.8. The lowest BCUT2D eigenvalue weighted by atomic mass is 9.81. The van der Waals surface area contributed by atoms with Crippen LogP contribution in [0.1, 0.15) is 25.0 Å². The van der Waals surface area contributed by atoms with E-state index in [1.807, 2.05) is 0 Å².